The predicted molar refractivity (Wildman–Crippen MR) is 117 cm³/mol. The number of phenolic OH excluding ortho intramolecular Hbond substituents is 1. The van der Waals surface area contributed by atoms with Gasteiger partial charge >= 0.3 is 5.97 Å². The highest BCUT2D eigenvalue weighted by atomic mass is 32.1. The lowest BCUT2D eigenvalue weighted by Gasteiger charge is -2.24. The van der Waals surface area contributed by atoms with Crippen molar-refractivity contribution in [2.75, 3.05) is 14.2 Å². The number of thiazole rings is 1. The Labute approximate surface area is 181 Å². The van der Waals surface area contributed by atoms with Crippen molar-refractivity contribution in [1.29, 1.82) is 0 Å². The standard InChI is InChI=1S/C23H20N2O5S/c1-13-19(22(28)30-3)20(15-7-5-4-6-8-15)25-21(27)18(31-23(25)24-13)12-14-9-10-16(26)17(11-14)29-2/h4-12,20,26H,1-3H3/b18-12-/t20-/m0/s1. The van der Waals surface area contributed by atoms with Crippen LogP contribution < -0.4 is 19.6 Å². The Morgan fingerprint density at radius 1 is 1.19 bits per heavy atom. The number of carbonyl (C=O) groups is 1. The lowest BCUT2D eigenvalue weighted by Crippen LogP contribution is -2.39. The molecular formula is C23H20N2O5S. The van der Waals surface area contributed by atoms with Crippen LogP contribution in [0.3, 0.4) is 0 Å². The van der Waals surface area contributed by atoms with Crippen molar-refractivity contribution in [3.05, 3.63) is 90.6 Å². The normalized spacial score (nSPS) is 16.0. The molecule has 1 atom stereocenters. The molecule has 1 aliphatic heterocycles. The van der Waals surface area contributed by atoms with Gasteiger partial charge < -0.3 is 14.6 Å². The Balaban J connectivity index is 1.95. The first kappa shape index (κ1) is 20.6. The van der Waals surface area contributed by atoms with Crippen LogP contribution in [0.2, 0.25) is 0 Å². The molecule has 2 heterocycles. The lowest BCUT2D eigenvalue weighted by molar-refractivity contribution is -0.136. The molecule has 0 fully saturated rings. The van der Waals surface area contributed by atoms with Gasteiger partial charge in [0.05, 0.1) is 36.1 Å². The molecule has 158 valence electrons. The smallest absolute Gasteiger partial charge is 0.338 e. The van der Waals surface area contributed by atoms with Crippen molar-refractivity contribution >= 4 is 23.4 Å². The van der Waals surface area contributed by atoms with Gasteiger partial charge in [0.25, 0.3) is 5.56 Å². The fraction of sp³-hybridized carbons (Fsp3) is 0.174. The van der Waals surface area contributed by atoms with Crippen molar-refractivity contribution in [2.45, 2.75) is 13.0 Å². The van der Waals surface area contributed by atoms with Gasteiger partial charge in [-0.25, -0.2) is 9.79 Å². The number of nitrogens with zero attached hydrogens (tertiary/aromatic N) is 2. The molecule has 0 amide bonds. The number of methoxy groups -OCH3 is 2. The molecule has 0 aliphatic carbocycles. The van der Waals surface area contributed by atoms with E-state index in [0.717, 1.165) is 5.56 Å². The monoisotopic (exact) mass is 436 g/mol. The van der Waals surface area contributed by atoms with Crippen LogP contribution in [-0.4, -0.2) is 29.9 Å². The Morgan fingerprint density at radius 2 is 1.94 bits per heavy atom. The highest BCUT2D eigenvalue weighted by molar-refractivity contribution is 7.07. The average molecular weight is 436 g/mol. The summed E-state index contributed by atoms with van der Waals surface area (Å²) >= 11 is 1.24. The summed E-state index contributed by atoms with van der Waals surface area (Å²) < 4.78 is 12.1. The molecule has 1 aromatic heterocycles. The van der Waals surface area contributed by atoms with E-state index in [1.807, 2.05) is 30.3 Å². The number of phenols is 1. The molecule has 8 heteroatoms. The molecule has 31 heavy (non-hydrogen) atoms. The number of ether oxygens (including phenoxy) is 2. The molecule has 0 saturated heterocycles. The van der Waals surface area contributed by atoms with Crippen LogP contribution >= 0.6 is 11.3 Å². The van der Waals surface area contributed by atoms with Crippen molar-refractivity contribution in [3.63, 3.8) is 0 Å². The van der Waals surface area contributed by atoms with E-state index in [0.29, 0.717) is 31.9 Å². The SMILES string of the molecule is COC(=O)C1=C(C)N=c2s/c(=C\c3ccc(O)c(OC)c3)c(=O)n2[C@H]1c1ccccc1. The third-order valence-electron chi connectivity index (χ3n) is 5.04. The van der Waals surface area contributed by atoms with Crippen LogP contribution in [-0.2, 0) is 9.53 Å². The average Bonchev–Trinajstić information content (AvgIpc) is 3.08. The number of hydrogen-bond donors (Lipinski definition) is 1. The number of carbonyl (C=O) groups excluding carboxylic acids is 1. The number of allylic oxidation sites excluding steroid dienone is 1. The second-order valence-corrected chi connectivity index (χ2v) is 7.92. The molecule has 1 N–H and O–H groups in total. The molecule has 0 bridgehead atoms. The molecule has 0 radical (unpaired) electrons. The first-order valence-corrected chi connectivity index (χ1v) is 10.3. The maximum atomic E-state index is 13.4. The van der Waals surface area contributed by atoms with E-state index in [1.165, 1.54) is 36.2 Å². The zero-order valence-corrected chi connectivity index (χ0v) is 18.0. The maximum Gasteiger partial charge on any atom is 0.338 e. The molecule has 0 saturated carbocycles. The van der Waals surface area contributed by atoms with Gasteiger partial charge in [-0.05, 0) is 36.3 Å². The van der Waals surface area contributed by atoms with Crippen LogP contribution in [0.15, 0.2) is 69.6 Å². The quantitative estimate of drug-likeness (QED) is 0.633. The fourth-order valence-corrected chi connectivity index (χ4v) is 4.63. The zero-order valence-electron chi connectivity index (χ0n) is 17.2. The number of esters is 1. The van der Waals surface area contributed by atoms with Crippen molar-refractivity contribution in [3.8, 4) is 11.5 Å². The molecule has 3 aromatic rings. The van der Waals surface area contributed by atoms with E-state index < -0.39 is 12.0 Å². The van der Waals surface area contributed by atoms with Crippen molar-refractivity contribution < 1.29 is 19.4 Å². The molecule has 2 aromatic carbocycles. The molecule has 1 aliphatic rings. The second kappa shape index (κ2) is 8.23. The van der Waals surface area contributed by atoms with Gasteiger partial charge in [-0.3, -0.25) is 9.36 Å². The van der Waals surface area contributed by atoms with Gasteiger partial charge in [-0.2, -0.15) is 0 Å². The van der Waals surface area contributed by atoms with Gasteiger partial charge in [-0.15, -0.1) is 0 Å². The second-order valence-electron chi connectivity index (χ2n) is 6.92. The van der Waals surface area contributed by atoms with Crippen LogP contribution in [0.1, 0.15) is 24.1 Å². The number of fused-ring (bicyclic) bond motifs is 1. The fourth-order valence-electron chi connectivity index (χ4n) is 3.58. The minimum absolute atomic E-state index is 0.0172. The van der Waals surface area contributed by atoms with E-state index in [-0.39, 0.29) is 11.3 Å². The van der Waals surface area contributed by atoms with E-state index in [9.17, 15) is 14.7 Å². The molecule has 4 rings (SSSR count). The highest BCUT2D eigenvalue weighted by Crippen LogP contribution is 2.30. The molecular weight excluding hydrogens is 416 g/mol. The summed E-state index contributed by atoms with van der Waals surface area (Å²) in [5, 5.41) is 9.82. The first-order valence-electron chi connectivity index (χ1n) is 9.47. The minimum atomic E-state index is -0.638. The Morgan fingerprint density at radius 3 is 2.61 bits per heavy atom. The van der Waals surface area contributed by atoms with Gasteiger partial charge in [0, 0.05) is 0 Å². The summed E-state index contributed by atoms with van der Waals surface area (Å²) in [7, 11) is 2.78. The Bertz CT molecular complexity index is 1370. The number of hydrogen-bond acceptors (Lipinski definition) is 7. The van der Waals surface area contributed by atoms with Gasteiger partial charge in [0.1, 0.15) is 0 Å². The van der Waals surface area contributed by atoms with E-state index in [2.05, 4.69) is 4.99 Å². The van der Waals surface area contributed by atoms with Crippen LogP contribution in [0.5, 0.6) is 11.5 Å². The zero-order chi connectivity index (χ0) is 22.1. The lowest BCUT2D eigenvalue weighted by atomic mass is 9.96. The third kappa shape index (κ3) is 3.66. The molecule has 7 nitrogen and oxygen atoms in total. The van der Waals surface area contributed by atoms with Crippen LogP contribution in [0.25, 0.3) is 6.08 Å². The van der Waals surface area contributed by atoms with Gasteiger partial charge in [-0.1, -0.05) is 47.7 Å². The minimum Gasteiger partial charge on any atom is -0.504 e. The molecule has 0 spiro atoms. The highest BCUT2D eigenvalue weighted by Gasteiger charge is 2.32. The van der Waals surface area contributed by atoms with Crippen molar-refractivity contribution in [1.82, 2.24) is 4.57 Å². The van der Waals surface area contributed by atoms with E-state index in [4.69, 9.17) is 9.47 Å². The van der Waals surface area contributed by atoms with Crippen molar-refractivity contribution in [2.24, 2.45) is 4.99 Å². The van der Waals surface area contributed by atoms with Crippen LogP contribution in [0.4, 0.5) is 0 Å². The predicted octanol–water partition coefficient (Wildman–Crippen LogP) is 2.12. The Hall–Kier alpha value is -3.65. The topological polar surface area (TPSA) is 90.1 Å². The summed E-state index contributed by atoms with van der Waals surface area (Å²) in [6, 6.07) is 13.5. The summed E-state index contributed by atoms with van der Waals surface area (Å²) in [6.45, 7) is 1.74. The third-order valence-corrected chi connectivity index (χ3v) is 6.03. The van der Waals surface area contributed by atoms with E-state index in [1.54, 1.807) is 25.1 Å². The maximum absolute atomic E-state index is 13.4. The largest absolute Gasteiger partial charge is 0.504 e. The number of rotatable bonds is 4. The Kier molecular flexibility index (Phi) is 5.48. The number of benzene rings is 2. The first-order chi connectivity index (χ1) is 14.9. The summed E-state index contributed by atoms with van der Waals surface area (Å²) in [5.74, 6) is -0.191. The van der Waals surface area contributed by atoms with Gasteiger partial charge in [0.2, 0.25) is 0 Å². The van der Waals surface area contributed by atoms with Crippen LogP contribution in [0, 0.1) is 0 Å². The molecule has 0 unspecified atom stereocenters. The summed E-state index contributed by atoms with van der Waals surface area (Å²) in [5.41, 5.74) is 2.06. The van der Waals surface area contributed by atoms with Gasteiger partial charge in [0.15, 0.2) is 16.3 Å². The van der Waals surface area contributed by atoms with E-state index >= 15 is 0 Å². The summed E-state index contributed by atoms with van der Waals surface area (Å²) in [4.78, 5) is 31.0. The number of aromatic hydroxyl groups is 1. The summed E-state index contributed by atoms with van der Waals surface area (Å²) in [6.07, 6.45) is 1.71. The number of aromatic nitrogens is 1.